The summed E-state index contributed by atoms with van der Waals surface area (Å²) in [7, 11) is 0. The Labute approximate surface area is 107 Å². The summed E-state index contributed by atoms with van der Waals surface area (Å²) >= 11 is 0. The molecular formula is C10H24N4O4. The maximum absolute atomic E-state index is 10.4. The van der Waals surface area contributed by atoms with Crippen molar-refractivity contribution in [2.75, 3.05) is 0 Å². The molecule has 0 radical (unpaired) electrons. The number of nitrogens with one attached hydrogen (secondary N) is 1. The fourth-order valence-electron chi connectivity index (χ4n) is 0.594. The molecule has 0 saturated carbocycles. The SMILES string of the molecule is CC(C)(C)N(N)C(=O)O.CC(C)(C)OC(=O)NN. The van der Waals surface area contributed by atoms with Crippen molar-refractivity contribution in [3.05, 3.63) is 0 Å². The summed E-state index contributed by atoms with van der Waals surface area (Å²) < 4.78 is 4.71. The molecule has 8 nitrogen and oxygen atoms in total. The third-order valence-corrected chi connectivity index (χ3v) is 1.45. The molecular weight excluding hydrogens is 240 g/mol. The number of rotatable bonds is 0. The van der Waals surface area contributed by atoms with Gasteiger partial charge in [0.05, 0.1) is 5.54 Å². The van der Waals surface area contributed by atoms with E-state index in [0.29, 0.717) is 0 Å². The van der Waals surface area contributed by atoms with Crippen LogP contribution >= 0.6 is 0 Å². The van der Waals surface area contributed by atoms with Crippen LogP contribution in [-0.2, 0) is 4.74 Å². The summed E-state index contributed by atoms with van der Waals surface area (Å²) in [6, 6.07) is 0. The van der Waals surface area contributed by atoms with Crippen molar-refractivity contribution >= 4 is 12.2 Å². The second-order valence-electron chi connectivity index (χ2n) is 5.47. The van der Waals surface area contributed by atoms with Crippen LogP contribution in [0.3, 0.4) is 0 Å². The maximum atomic E-state index is 10.4. The predicted octanol–water partition coefficient (Wildman–Crippen LogP) is 1.02. The maximum Gasteiger partial charge on any atom is 0.422 e. The first-order valence-electron chi connectivity index (χ1n) is 5.28. The fraction of sp³-hybridized carbons (Fsp3) is 0.800. The topological polar surface area (TPSA) is 131 Å². The summed E-state index contributed by atoms with van der Waals surface area (Å²) in [6.45, 7) is 10.5. The van der Waals surface area contributed by atoms with Crippen LogP contribution in [0.25, 0.3) is 0 Å². The second-order valence-corrected chi connectivity index (χ2v) is 5.47. The van der Waals surface area contributed by atoms with E-state index in [1.807, 2.05) is 5.43 Å². The van der Waals surface area contributed by atoms with E-state index in [2.05, 4.69) is 0 Å². The van der Waals surface area contributed by atoms with Crippen LogP contribution in [0.5, 0.6) is 0 Å². The molecule has 0 bridgehead atoms. The molecule has 0 heterocycles. The summed E-state index contributed by atoms with van der Waals surface area (Å²) in [5.74, 6) is 9.88. The quantitative estimate of drug-likeness (QED) is 0.293. The van der Waals surface area contributed by atoms with Gasteiger partial charge in [-0.1, -0.05) is 0 Å². The molecule has 0 aliphatic carbocycles. The molecule has 0 saturated heterocycles. The highest BCUT2D eigenvalue weighted by Gasteiger charge is 2.21. The highest BCUT2D eigenvalue weighted by atomic mass is 16.6. The van der Waals surface area contributed by atoms with Gasteiger partial charge in [-0.2, -0.15) is 0 Å². The van der Waals surface area contributed by atoms with E-state index in [-0.39, 0.29) is 0 Å². The van der Waals surface area contributed by atoms with Crippen LogP contribution in [0.15, 0.2) is 0 Å². The number of hydrogen-bond acceptors (Lipinski definition) is 5. The van der Waals surface area contributed by atoms with Gasteiger partial charge in [-0.05, 0) is 41.5 Å². The normalized spacial score (nSPS) is 10.9. The molecule has 2 amide bonds. The molecule has 0 aromatic rings. The largest absolute Gasteiger partial charge is 0.464 e. The van der Waals surface area contributed by atoms with Gasteiger partial charge < -0.3 is 9.84 Å². The lowest BCUT2D eigenvalue weighted by Crippen LogP contribution is -2.49. The van der Waals surface area contributed by atoms with Crippen molar-refractivity contribution in [1.82, 2.24) is 10.4 Å². The average Bonchev–Trinajstić information content (AvgIpc) is 2.13. The Morgan fingerprint density at radius 1 is 1.17 bits per heavy atom. The van der Waals surface area contributed by atoms with Crippen molar-refractivity contribution in [2.45, 2.75) is 52.7 Å². The van der Waals surface area contributed by atoms with Gasteiger partial charge in [0.2, 0.25) is 0 Å². The molecule has 0 rings (SSSR count). The standard InChI is InChI=1S/2C5H12N2O2/c1-5(2,3)9-4(8)7-6;1-5(2,3)7(6)4(8)9/h6H2,1-3H3,(H,7,8);6H2,1-3H3,(H,8,9). The minimum absolute atomic E-state index is 0.469. The first-order chi connectivity index (χ1) is 7.81. The first-order valence-corrected chi connectivity index (χ1v) is 5.28. The van der Waals surface area contributed by atoms with Crippen LogP contribution in [0, 0.1) is 0 Å². The molecule has 0 aromatic carbocycles. The first kappa shape index (κ1) is 18.8. The molecule has 6 N–H and O–H groups in total. The Morgan fingerprint density at radius 3 is 1.61 bits per heavy atom. The van der Waals surface area contributed by atoms with Crippen LogP contribution in [-0.4, -0.2) is 33.4 Å². The number of ether oxygens (including phenoxy) is 1. The van der Waals surface area contributed by atoms with Crippen molar-refractivity contribution < 1.29 is 19.4 Å². The highest BCUT2D eigenvalue weighted by molar-refractivity contribution is 5.66. The monoisotopic (exact) mass is 264 g/mol. The number of amides is 2. The average molecular weight is 264 g/mol. The molecule has 0 spiro atoms. The molecule has 0 unspecified atom stereocenters. The lowest BCUT2D eigenvalue weighted by Gasteiger charge is -2.27. The molecule has 0 fully saturated rings. The lowest BCUT2D eigenvalue weighted by atomic mass is 10.1. The van der Waals surface area contributed by atoms with Gasteiger partial charge in [-0.25, -0.2) is 26.3 Å². The van der Waals surface area contributed by atoms with Crippen LogP contribution in [0.1, 0.15) is 41.5 Å². The zero-order valence-corrected chi connectivity index (χ0v) is 11.8. The minimum atomic E-state index is -1.11. The summed E-state index contributed by atoms with van der Waals surface area (Å²) in [5.41, 5.74) is 0.883. The molecule has 8 heteroatoms. The lowest BCUT2D eigenvalue weighted by molar-refractivity contribution is 0.0527. The third kappa shape index (κ3) is 11.0. The molecule has 0 aliphatic heterocycles. The minimum Gasteiger partial charge on any atom is -0.464 e. The molecule has 18 heavy (non-hydrogen) atoms. The molecule has 0 atom stereocenters. The van der Waals surface area contributed by atoms with Crippen LogP contribution < -0.4 is 17.1 Å². The van der Waals surface area contributed by atoms with E-state index in [1.165, 1.54) is 0 Å². The Balaban J connectivity index is 0. The molecule has 108 valence electrons. The van der Waals surface area contributed by atoms with Crippen molar-refractivity contribution in [2.24, 2.45) is 11.7 Å². The Morgan fingerprint density at radius 2 is 1.56 bits per heavy atom. The Bertz CT molecular complexity index is 279. The van der Waals surface area contributed by atoms with Gasteiger partial charge in [0.15, 0.2) is 0 Å². The van der Waals surface area contributed by atoms with Crippen LogP contribution in [0.2, 0.25) is 0 Å². The smallest absolute Gasteiger partial charge is 0.422 e. The van der Waals surface area contributed by atoms with E-state index in [0.717, 1.165) is 5.01 Å². The van der Waals surface area contributed by atoms with Gasteiger partial charge in [0, 0.05) is 0 Å². The van der Waals surface area contributed by atoms with Crippen LogP contribution in [0.4, 0.5) is 9.59 Å². The number of nitrogens with zero attached hydrogens (tertiary/aromatic N) is 1. The zero-order valence-electron chi connectivity index (χ0n) is 11.8. The number of nitrogens with two attached hydrogens (primary N) is 2. The van der Waals surface area contributed by atoms with Gasteiger partial charge >= 0.3 is 12.2 Å². The van der Waals surface area contributed by atoms with Gasteiger partial charge in [0.25, 0.3) is 0 Å². The van der Waals surface area contributed by atoms with E-state index >= 15 is 0 Å². The van der Waals surface area contributed by atoms with Gasteiger partial charge in [0.1, 0.15) is 5.60 Å². The number of carboxylic acid groups (broad SMARTS) is 1. The molecule has 0 aliphatic rings. The number of carbonyl (C=O) groups is 2. The zero-order chi connectivity index (χ0) is 15.1. The Hall–Kier alpha value is -1.54. The summed E-state index contributed by atoms with van der Waals surface area (Å²) in [4.78, 5) is 20.5. The summed E-state index contributed by atoms with van der Waals surface area (Å²) in [6.07, 6.45) is -1.72. The van der Waals surface area contributed by atoms with Crippen molar-refractivity contribution in [3.8, 4) is 0 Å². The number of hydrogen-bond donors (Lipinski definition) is 4. The third-order valence-electron chi connectivity index (χ3n) is 1.45. The van der Waals surface area contributed by atoms with Crippen molar-refractivity contribution in [1.29, 1.82) is 0 Å². The van der Waals surface area contributed by atoms with E-state index in [9.17, 15) is 9.59 Å². The number of carbonyl (C=O) groups excluding carboxylic acids is 1. The predicted molar refractivity (Wildman–Crippen MR) is 67.4 cm³/mol. The second kappa shape index (κ2) is 7.02. The van der Waals surface area contributed by atoms with Crippen molar-refractivity contribution in [3.63, 3.8) is 0 Å². The highest BCUT2D eigenvalue weighted by Crippen LogP contribution is 2.07. The van der Waals surface area contributed by atoms with E-state index in [4.69, 9.17) is 21.5 Å². The van der Waals surface area contributed by atoms with Gasteiger partial charge in [-0.15, -0.1) is 0 Å². The summed E-state index contributed by atoms with van der Waals surface area (Å²) in [5, 5.41) is 9.09. The fourth-order valence-corrected chi connectivity index (χ4v) is 0.594. The Kier molecular flexibility index (Phi) is 7.34. The van der Waals surface area contributed by atoms with Gasteiger partial charge in [-0.3, -0.25) is 5.43 Å². The van der Waals surface area contributed by atoms with E-state index in [1.54, 1.807) is 41.5 Å². The van der Waals surface area contributed by atoms with E-state index < -0.39 is 23.3 Å². The number of hydrazine groups is 2. The molecule has 0 aromatic heterocycles.